The van der Waals surface area contributed by atoms with Crippen LogP contribution in [0.3, 0.4) is 0 Å². The third-order valence-electron chi connectivity index (χ3n) is 1.98. The van der Waals surface area contributed by atoms with E-state index in [1.54, 1.807) is 0 Å². The molecule has 0 bridgehead atoms. The lowest BCUT2D eigenvalue weighted by atomic mass is 10.2. The van der Waals surface area contributed by atoms with Gasteiger partial charge in [0.05, 0.1) is 6.54 Å². The molecule has 16 heavy (non-hydrogen) atoms. The maximum absolute atomic E-state index is 12.3. The van der Waals surface area contributed by atoms with E-state index in [2.05, 4.69) is 9.36 Å². The van der Waals surface area contributed by atoms with E-state index in [1.807, 2.05) is 13.8 Å². The molecule has 0 saturated carbocycles. The molecule has 0 spiro atoms. The highest BCUT2D eigenvalue weighted by Gasteiger charge is 2.17. The maximum Gasteiger partial charge on any atom is 0.255 e. The summed E-state index contributed by atoms with van der Waals surface area (Å²) in [5.74, 6) is 0.896. The lowest BCUT2D eigenvalue weighted by molar-refractivity contribution is 0.155. The van der Waals surface area contributed by atoms with Gasteiger partial charge in [0.25, 0.3) is 6.43 Å². The smallest absolute Gasteiger partial charge is 0.255 e. The fourth-order valence-corrected chi connectivity index (χ4v) is 2.02. The minimum absolute atomic E-state index is 0.205. The second-order valence-corrected chi connectivity index (χ2v) is 4.45. The standard InChI is InChI=1S/C9H16F2N4S/c1-6(2)8-13-9(16-14-8)15(4-3-12)5-7(10)11/h6-7H,3-5,12H2,1-2H3. The number of hydrogen-bond donors (Lipinski definition) is 1. The van der Waals surface area contributed by atoms with Crippen LogP contribution in [-0.4, -0.2) is 35.4 Å². The molecule has 1 heterocycles. The van der Waals surface area contributed by atoms with Gasteiger partial charge >= 0.3 is 0 Å². The van der Waals surface area contributed by atoms with Crippen LogP contribution in [0.2, 0.25) is 0 Å². The molecule has 0 aliphatic heterocycles. The van der Waals surface area contributed by atoms with Gasteiger partial charge in [-0.25, -0.2) is 13.8 Å². The third-order valence-corrected chi connectivity index (χ3v) is 2.77. The van der Waals surface area contributed by atoms with Crippen LogP contribution in [0.25, 0.3) is 0 Å². The van der Waals surface area contributed by atoms with E-state index in [0.717, 1.165) is 11.5 Å². The highest BCUT2D eigenvalue weighted by atomic mass is 32.1. The second-order valence-electron chi connectivity index (χ2n) is 3.72. The Labute approximate surface area is 97.6 Å². The van der Waals surface area contributed by atoms with Crippen molar-refractivity contribution in [1.29, 1.82) is 0 Å². The predicted molar refractivity (Wildman–Crippen MR) is 61.3 cm³/mol. The number of aromatic nitrogens is 2. The van der Waals surface area contributed by atoms with Crippen molar-refractivity contribution in [2.24, 2.45) is 5.73 Å². The predicted octanol–water partition coefficient (Wildman–Crippen LogP) is 1.69. The van der Waals surface area contributed by atoms with E-state index in [-0.39, 0.29) is 12.5 Å². The zero-order chi connectivity index (χ0) is 12.1. The quantitative estimate of drug-likeness (QED) is 0.834. The molecule has 2 N–H and O–H groups in total. The zero-order valence-corrected chi connectivity index (χ0v) is 10.2. The average Bonchev–Trinajstić information content (AvgIpc) is 2.65. The topological polar surface area (TPSA) is 55.0 Å². The molecule has 0 unspecified atom stereocenters. The lowest BCUT2D eigenvalue weighted by Crippen LogP contribution is -2.33. The summed E-state index contributed by atoms with van der Waals surface area (Å²) in [7, 11) is 0. The average molecular weight is 250 g/mol. The van der Waals surface area contributed by atoms with Gasteiger partial charge in [0, 0.05) is 30.5 Å². The summed E-state index contributed by atoms with van der Waals surface area (Å²) >= 11 is 1.14. The number of nitrogens with zero attached hydrogens (tertiary/aromatic N) is 3. The van der Waals surface area contributed by atoms with E-state index < -0.39 is 6.43 Å². The molecule has 1 rings (SSSR count). The molecule has 92 valence electrons. The van der Waals surface area contributed by atoms with E-state index in [1.165, 1.54) is 4.90 Å². The molecular formula is C9H16F2N4S. The molecular weight excluding hydrogens is 234 g/mol. The molecule has 0 radical (unpaired) electrons. The monoisotopic (exact) mass is 250 g/mol. The Bertz CT molecular complexity index is 316. The minimum atomic E-state index is -2.39. The first kappa shape index (κ1) is 13.2. The summed E-state index contributed by atoms with van der Waals surface area (Å²) in [6, 6.07) is 0. The van der Waals surface area contributed by atoms with Crippen LogP contribution in [0.5, 0.6) is 0 Å². The van der Waals surface area contributed by atoms with Crippen LogP contribution in [0.15, 0.2) is 0 Å². The summed E-state index contributed by atoms with van der Waals surface area (Å²) in [6.07, 6.45) is -2.39. The molecule has 0 amide bonds. The Morgan fingerprint density at radius 2 is 2.12 bits per heavy atom. The highest BCUT2D eigenvalue weighted by Crippen LogP contribution is 2.21. The fraction of sp³-hybridized carbons (Fsp3) is 0.778. The van der Waals surface area contributed by atoms with Crippen LogP contribution >= 0.6 is 11.5 Å². The van der Waals surface area contributed by atoms with E-state index in [0.29, 0.717) is 24.0 Å². The Balaban J connectivity index is 2.75. The van der Waals surface area contributed by atoms with Crippen molar-refractivity contribution in [3.8, 4) is 0 Å². The molecule has 0 aliphatic rings. The number of alkyl halides is 2. The Kier molecular flexibility index (Phi) is 5.01. The van der Waals surface area contributed by atoms with Gasteiger partial charge in [-0.2, -0.15) is 4.37 Å². The van der Waals surface area contributed by atoms with Gasteiger partial charge in [-0.15, -0.1) is 0 Å². The number of anilines is 1. The normalized spacial score (nSPS) is 11.4. The van der Waals surface area contributed by atoms with Gasteiger partial charge in [-0.1, -0.05) is 13.8 Å². The summed E-state index contributed by atoms with van der Waals surface area (Å²) in [6.45, 7) is 4.28. The van der Waals surface area contributed by atoms with Gasteiger partial charge in [0.1, 0.15) is 5.82 Å². The van der Waals surface area contributed by atoms with Crippen LogP contribution in [0, 0.1) is 0 Å². The van der Waals surface area contributed by atoms with Crippen molar-refractivity contribution in [2.45, 2.75) is 26.2 Å². The van der Waals surface area contributed by atoms with Crippen LogP contribution in [0.1, 0.15) is 25.6 Å². The number of hydrogen-bond acceptors (Lipinski definition) is 5. The largest absolute Gasteiger partial charge is 0.340 e. The maximum atomic E-state index is 12.3. The van der Waals surface area contributed by atoms with Crippen LogP contribution in [-0.2, 0) is 0 Å². The summed E-state index contributed by atoms with van der Waals surface area (Å²) in [5, 5.41) is 0.523. The highest BCUT2D eigenvalue weighted by molar-refractivity contribution is 7.09. The lowest BCUT2D eigenvalue weighted by Gasteiger charge is -2.19. The molecule has 1 aromatic heterocycles. The SMILES string of the molecule is CC(C)c1nsc(N(CCN)CC(F)F)n1. The van der Waals surface area contributed by atoms with E-state index in [4.69, 9.17) is 5.73 Å². The molecule has 0 aliphatic carbocycles. The van der Waals surface area contributed by atoms with Crippen molar-refractivity contribution in [3.05, 3.63) is 5.82 Å². The second kappa shape index (κ2) is 6.05. The van der Waals surface area contributed by atoms with Crippen molar-refractivity contribution in [3.63, 3.8) is 0 Å². The van der Waals surface area contributed by atoms with Crippen molar-refractivity contribution >= 4 is 16.7 Å². The van der Waals surface area contributed by atoms with Crippen LogP contribution < -0.4 is 10.6 Å². The molecule has 7 heteroatoms. The molecule has 0 saturated heterocycles. The fourth-order valence-electron chi connectivity index (χ4n) is 1.18. The van der Waals surface area contributed by atoms with E-state index >= 15 is 0 Å². The minimum Gasteiger partial charge on any atom is -0.340 e. The molecule has 1 aromatic rings. The summed E-state index contributed by atoms with van der Waals surface area (Å²) in [4.78, 5) is 5.71. The Hall–Kier alpha value is -0.820. The van der Waals surface area contributed by atoms with Crippen molar-refractivity contribution in [2.75, 3.05) is 24.5 Å². The van der Waals surface area contributed by atoms with Crippen molar-refractivity contribution < 1.29 is 8.78 Å². The van der Waals surface area contributed by atoms with Gasteiger partial charge in [-0.3, -0.25) is 0 Å². The zero-order valence-electron chi connectivity index (χ0n) is 9.36. The number of rotatable bonds is 6. The third kappa shape index (κ3) is 3.64. The summed E-state index contributed by atoms with van der Waals surface area (Å²) in [5.41, 5.74) is 5.38. The Morgan fingerprint density at radius 1 is 1.44 bits per heavy atom. The number of nitrogens with two attached hydrogens (primary N) is 1. The first-order chi connectivity index (χ1) is 7.54. The van der Waals surface area contributed by atoms with Gasteiger partial charge < -0.3 is 10.6 Å². The van der Waals surface area contributed by atoms with Gasteiger partial charge in [0.15, 0.2) is 0 Å². The molecule has 0 atom stereocenters. The Morgan fingerprint density at radius 3 is 2.56 bits per heavy atom. The first-order valence-corrected chi connectivity index (χ1v) is 5.88. The number of halogens is 2. The van der Waals surface area contributed by atoms with Crippen LogP contribution in [0.4, 0.5) is 13.9 Å². The van der Waals surface area contributed by atoms with Crippen molar-refractivity contribution in [1.82, 2.24) is 9.36 Å². The molecule has 0 aromatic carbocycles. The van der Waals surface area contributed by atoms with Gasteiger partial charge in [0.2, 0.25) is 5.13 Å². The molecule has 4 nitrogen and oxygen atoms in total. The summed E-state index contributed by atoms with van der Waals surface area (Å²) < 4.78 is 28.8. The molecule has 0 fully saturated rings. The van der Waals surface area contributed by atoms with Gasteiger partial charge in [-0.05, 0) is 0 Å². The first-order valence-electron chi connectivity index (χ1n) is 5.11. The van der Waals surface area contributed by atoms with E-state index in [9.17, 15) is 8.78 Å².